The van der Waals surface area contributed by atoms with Gasteiger partial charge in [0.15, 0.2) is 0 Å². The Hall–Kier alpha value is -1.69. The van der Waals surface area contributed by atoms with Gasteiger partial charge in [0.25, 0.3) is 5.91 Å². The van der Waals surface area contributed by atoms with Crippen molar-refractivity contribution in [3.05, 3.63) is 17.5 Å². The zero-order chi connectivity index (χ0) is 12.0. The molecule has 0 atom stereocenters. The van der Waals surface area contributed by atoms with Crippen molar-refractivity contribution < 1.29 is 9.53 Å². The van der Waals surface area contributed by atoms with Gasteiger partial charge < -0.3 is 15.8 Å². The molecule has 1 aromatic rings. The van der Waals surface area contributed by atoms with Crippen molar-refractivity contribution in [3.8, 4) is 0 Å². The maximum Gasteiger partial charge on any atom is 0.270 e. The molecule has 6 heteroatoms. The summed E-state index contributed by atoms with van der Waals surface area (Å²) in [6.45, 7) is 2.93. The first-order valence-corrected chi connectivity index (χ1v) is 5.02. The summed E-state index contributed by atoms with van der Waals surface area (Å²) in [5.41, 5.74) is 6.42. The minimum Gasteiger partial charge on any atom is -0.385 e. The van der Waals surface area contributed by atoms with Gasteiger partial charge in [0.2, 0.25) is 5.95 Å². The van der Waals surface area contributed by atoms with E-state index in [2.05, 4.69) is 15.3 Å². The van der Waals surface area contributed by atoms with Crippen LogP contribution in [0.1, 0.15) is 22.6 Å². The van der Waals surface area contributed by atoms with Crippen LogP contribution in [0.5, 0.6) is 0 Å². The first kappa shape index (κ1) is 12.4. The van der Waals surface area contributed by atoms with Gasteiger partial charge in [-0.25, -0.2) is 9.97 Å². The van der Waals surface area contributed by atoms with Gasteiger partial charge in [-0.3, -0.25) is 4.79 Å². The molecule has 6 nitrogen and oxygen atoms in total. The topological polar surface area (TPSA) is 90.1 Å². The molecule has 16 heavy (non-hydrogen) atoms. The lowest BCUT2D eigenvalue weighted by atomic mass is 10.3. The van der Waals surface area contributed by atoms with Crippen LogP contribution in [0, 0.1) is 6.92 Å². The Morgan fingerprint density at radius 2 is 2.31 bits per heavy atom. The number of rotatable bonds is 5. The molecule has 0 bridgehead atoms. The van der Waals surface area contributed by atoms with Crippen LogP contribution in [0.4, 0.5) is 5.95 Å². The molecule has 0 radical (unpaired) electrons. The summed E-state index contributed by atoms with van der Waals surface area (Å²) >= 11 is 0. The van der Waals surface area contributed by atoms with E-state index in [0.29, 0.717) is 24.5 Å². The van der Waals surface area contributed by atoms with E-state index < -0.39 is 0 Å². The summed E-state index contributed by atoms with van der Waals surface area (Å²) in [6.07, 6.45) is 0.766. The maximum atomic E-state index is 11.6. The molecule has 1 aromatic heterocycles. The number of aryl methyl sites for hydroxylation is 1. The zero-order valence-electron chi connectivity index (χ0n) is 9.49. The van der Waals surface area contributed by atoms with Crippen molar-refractivity contribution in [1.29, 1.82) is 0 Å². The van der Waals surface area contributed by atoms with Crippen LogP contribution < -0.4 is 11.1 Å². The molecule has 0 saturated heterocycles. The minimum absolute atomic E-state index is 0.113. The van der Waals surface area contributed by atoms with Crippen LogP contribution in [-0.2, 0) is 4.74 Å². The van der Waals surface area contributed by atoms with Crippen molar-refractivity contribution >= 4 is 11.9 Å². The monoisotopic (exact) mass is 224 g/mol. The Morgan fingerprint density at radius 1 is 1.56 bits per heavy atom. The molecule has 0 unspecified atom stereocenters. The second-order valence-electron chi connectivity index (χ2n) is 3.36. The van der Waals surface area contributed by atoms with Gasteiger partial charge in [-0.15, -0.1) is 0 Å². The van der Waals surface area contributed by atoms with Crippen LogP contribution >= 0.6 is 0 Å². The third-order valence-electron chi connectivity index (χ3n) is 1.91. The number of hydrogen-bond donors (Lipinski definition) is 2. The fraction of sp³-hybridized carbons (Fsp3) is 0.500. The Kier molecular flexibility index (Phi) is 4.65. The highest BCUT2D eigenvalue weighted by atomic mass is 16.5. The first-order valence-electron chi connectivity index (χ1n) is 5.02. The van der Waals surface area contributed by atoms with Gasteiger partial charge in [-0.05, 0) is 19.4 Å². The van der Waals surface area contributed by atoms with Gasteiger partial charge in [0.05, 0.1) is 0 Å². The largest absolute Gasteiger partial charge is 0.385 e. The van der Waals surface area contributed by atoms with Crippen LogP contribution in [-0.4, -0.2) is 36.1 Å². The van der Waals surface area contributed by atoms with Crippen molar-refractivity contribution in [2.45, 2.75) is 13.3 Å². The highest BCUT2D eigenvalue weighted by Crippen LogP contribution is 2.01. The van der Waals surface area contributed by atoms with Crippen molar-refractivity contribution in [3.63, 3.8) is 0 Å². The van der Waals surface area contributed by atoms with Crippen LogP contribution in [0.2, 0.25) is 0 Å². The fourth-order valence-corrected chi connectivity index (χ4v) is 1.22. The molecule has 0 aromatic carbocycles. The molecule has 1 amide bonds. The molecule has 1 heterocycles. The van der Waals surface area contributed by atoms with Gasteiger partial charge in [-0.2, -0.15) is 0 Å². The van der Waals surface area contributed by atoms with E-state index in [1.807, 2.05) is 0 Å². The number of carbonyl (C=O) groups is 1. The Labute approximate surface area is 94.2 Å². The van der Waals surface area contributed by atoms with Crippen LogP contribution in [0.25, 0.3) is 0 Å². The lowest BCUT2D eigenvalue weighted by Gasteiger charge is -2.05. The average Bonchev–Trinajstić information content (AvgIpc) is 2.22. The lowest BCUT2D eigenvalue weighted by molar-refractivity contribution is 0.0943. The number of nitrogens with two attached hydrogens (primary N) is 1. The Bertz CT molecular complexity index is 348. The van der Waals surface area contributed by atoms with Gasteiger partial charge >= 0.3 is 0 Å². The highest BCUT2D eigenvalue weighted by molar-refractivity contribution is 5.92. The smallest absolute Gasteiger partial charge is 0.270 e. The molecule has 0 spiro atoms. The fourth-order valence-electron chi connectivity index (χ4n) is 1.22. The van der Waals surface area contributed by atoms with Gasteiger partial charge in [-0.1, -0.05) is 0 Å². The maximum absolute atomic E-state index is 11.6. The number of nitrogen functional groups attached to an aromatic ring is 1. The molecule has 0 aliphatic rings. The van der Waals surface area contributed by atoms with E-state index in [1.165, 1.54) is 0 Å². The predicted molar refractivity (Wildman–Crippen MR) is 60.0 cm³/mol. The molecule has 0 fully saturated rings. The second kappa shape index (κ2) is 6.02. The number of ether oxygens (including phenoxy) is 1. The summed E-state index contributed by atoms with van der Waals surface area (Å²) in [4.78, 5) is 19.4. The number of anilines is 1. The summed E-state index contributed by atoms with van der Waals surface area (Å²) in [6, 6.07) is 1.60. The summed E-state index contributed by atoms with van der Waals surface area (Å²) in [5, 5.41) is 2.72. The molecular weight excluding hydrogens is 208 g/mol. The van der Waals surface area contributed by atoms with Gasteiger partial charge in [0.1, 0.15) is 5.69 Å². The van der Waals surface area contributed by atoms with Crippen molar-refractivity contribution in [2.24, 2.45) is 0 Å². The highest BCUT2D eigenvalue weighted by Gasteiger charge is 2.08. The molecule has 0 saturated carbocycles. The van der Waals surface area contributed by atoms with E-state index in [4.69, 9.17) is 10.5 Å². The number of nitrogens with zero attached hydrogens (tertiary/aromatic N) is 2. The zero-order valence-corrected chi connectivity index (χ0v) is 9.49. The predicted octanol–water partition coefficient (Wildman–Crippen LogP) is 0.134. The number of methoxy groups -OCH3 is 1. The van der Waals surface area contributed by atoms with E-state index in [1.54, 1.807) is 20.1 Å². The van der Waals surface area contributed by atoms with Crippen molar-refractivity contribution in [1.82, 2.24) is 15.3 Å². The van der Waals surface area contributed by atoms with Crippen molar-refractivity contribution in [2.75, 3.05) is 26.0 Å². The first-order chi connectivity index (χ1) is 7.63. The summed E-state index contributed by atoms with van der Waals surface area (Å²) < 4.78 is 4.87. The number of nitrogens with one attached hydrogen (secondary N) is 1. The third kappa shape index (κ3) is 3.82. The number of aromatic nitrogens is 2. The quantitative estimate of drug-likeness (QED) is 0.694. The van der Waals surface area contributed by atoms with E-state index in [-0.39, 0.29) is 11.9 Å². The summed E-state index contributed by atoms with van der Waals surface area (Å²) in [5.74, 6) is -0.129. The SMILES string of the molecule is COCCCNC(=O)c1cc(C)nc(N)n1. The molecule has 1 rings (SSSR count). The lowest BCUT2D eigenvalue weighted by Crippen LogP contribution is -2.26. The molecular formula is C10H16N4O2. The van der Waals surface area contributed by atoms with Crippen LogP contribution in [0.15, 0.2) is 6.07 Å². The normalized spacial score (nSPS) is 10.1. The van der Waals surface area contributed by atoms with E-state index in [9.17, 15) is 4.79 Å². The van der Waals surface area contributed by atoms with E-state index >= 15 is 0 Å². The Morgan fingerprint density at radius 3 is 2.94 bits per heavy atom. The molecule has 0 aliphatic carbocycles. The second-order valence-corrected chi connectivity index (χ2v) is 3.36. The molecule has 3 N–H and O–H groups in total. The number of carbonyl (C=O) groups excluding carboxylic acids is 1. The number of amides is 1. The number of hydrogen-bond acceptors (Lipinski definition) is 5. The standard InChI is InChI=1S/C10H16N4O2/c1-7-6-8(14-10(11)13-7)9(15)12-4-3-5-16-2/h6H,3-5H2,1-2H3,(H,12,15)(H2,11,13,14). The third-order valence-corrected chi connectivity index (χ3v) is 1.91. The van der Waals surface area contributed by atoms with Gasteiger partial charge in [0, 0.05) is 26.0 Å². The Balaban J connectivity index is 2.52. The average molecular weight is 224 g/mol. The summed E-state index contributed by atoms with van der Waals surface area (Å²) in [7, 11) is 1.62. The van der Waals surface area contributed by atoms with Crippen LogP contribution in [0.3, 0.4) is 0 Å². The minimum atomic E-state index is -0.242. The molecule has 88 valence electrons. The van der Waals surface area contributed by atoms with E-state index in [0.717, 1.165) is 6.42 Å². The molecule has 0 aliphatic heterocycles.